The lowest BCUT2D eigenvalue weighted by Gasteiger charge is -2.29. The van der Waals surface area contributed by atoms with Crippen LogP contribution in [0.4, 0.5) is 0 Å². The van der Waals surface area contributed by atoms with E-state index in [1.54, 1.807) is 0 Å². The van der Waals surface area contributed by atoms with E-state index in [2.05, 4.69) is 60.4 Å². The van der Waals surface area contributed by atoms with Crippen molar-refractivity contribution >= 4 is 0 Å². The highest BCUT2D eigenvalue weighted by Crippen LogP contribution is 2.36. The molecule has 0 radical (unpaired) electrons. The first kappa shape index (κ1) is 14.3. The van der Waals surface area contributed by atoms with Crippen LogP contribution in [0.5, 0.6) is 0 Å². The second-order valence-electron chi connectivity index (χ2n) is 6.00. The molecule has 2 aromatic carbocycles. The van der Waals surface area contributed by atoms with E-state index in [0.29, 0.717) is 12.6 Å². The molecule has 3 rings (SSSR count). The van der Waals surface area contributed by atoms with Gasteiger partial charge in [-0.25, -0.2) is 0 Å². The van der Waals surface area contributed by atoms with Crippen LogP contribution in [0.3, 0.4) is 0 Å². The largest absolute Gasteiger partial charge is 0.329 e. The summed E-state index contributed by atoms with van der Waals surface area (Å²) in [6.45, 7) is 4.83. The zero-order valence-corrected chi connectivity index (χ0v) is 12.8. The normalized spacial score (nSPS) is 17.2. The van der Waals surface area contributed by atoms with Crippen LogP contribution in [0.2, 0.25) is 0 Å². The number of fused-ring (bicyclic) bond motifs is 1. The molecule has 1 atom stereocenters. The fourth-order valence-electron chi connectivity index (χ4n) is 3.41. The molecule has 0 aromatic heterocycles. The van der Waals surface area contributed by atoms with Crippen molar-refractivity contribution in [1.29, 1.82) is 0 Å². The Hall–Kier alpha value is -1.64. The van der Waals surface area contributed by atoms with E-state index in [0.717, 1.165) is 13.1 Å². The standard InChI is InChI=1S/C19H24N2/c1-15-7-8-17-9-10-19(18(17)13-15)21(12-11-20)14-16-5-3-2-4-6-16/h2-8,13,19H,9-12,14,20H2,1H3. The third kappa shape index (κ3) is 3.17. The van der Waals surface area contributed by atoms with E-state index < -0.39 is 0 Å². The van der Waals surface area contributed by atoms with E-state index in [1.807, 2.05) is 0 Å². The molecule has 1 unspecified atom stereocenters. The summed E-state index contributed by atoms with van der Waals surface area (Å²) in [4.78, 5) is 2.54. The van der Waals surface area contributed by atoms with Crippen molar-refractivity contribution in [2.75, 3.05) is 13.1 Å². The second kappa shape index (κ2) is 6.42. The van der Waals surface area contributed by atoms with Gasteiger partial charge in [0.25, 0.3) is 0 Å². The van der Waals surface area contributed by atoms with Gasteiger partial charge in [0, 0.05) is 25.7 Å². The molecule has 2 aromatic rings. The molecule has 0 bridgehead atoms. The first-order chi connectivity index (χ1) is 10.3. The summed E-state index contributed by atoms with van der Waals surface area (Å²) in [5.41, 5.74) is 11.6. The topological polar surface area (TPSA) is 29.3 Å². The van der Waals surface area contributed by atoms with Crippen LogP contribution < -0.4 is 5.73 Å². The maximum absolute atomic E-state index is 5.86. The van der Waals surface area contributed by atoms with Crippen LogP contribution >= 0.6 is 0 Å². The van der Waals surface area contributed by atoms with Gasteiger partial charge in [-0.2, -0.15) is 0 Å². The number of hydrogen-bond donors (Lipinski definition) is 1. The lowest BCUT2D eigenvalue weighted by molar-refractivity contribution is 0.193. The molecule has 2 nitrogen and oxygen atoms in total. The molecule has 0 saturated carbocycles. The Morgan fingerprint density at radius 1 is 1.14 bits per heavy atom. The van der Waals surface area contributed by atoms with Gasteiger partial charge in [-0.05, 0) is 36.5 Å². The van der Waals surface area contributed by atoms with E-state index in [1.165, 1.54) is 35.1 Å². The van der Waals surface area contributed by atoms with Gasteiger partial charge in [0.2, 0.25) is 0 Å². The smallest absolute Gasteiger partial charge is 0.0358 e. The predicted molar refractivity (Wildman–Crippen MR) is 88.1 cm³/mol. The summed E-state index contributed by atoms with van der Waals surface area (Å²) >= 11 is 0. The summed E-state index contributed by atoms with van der Waals surface area (Å²) in [7, 11) is 0. The minimum atomic E-state index is 0.517. The minimum absolute atomic E-state index is 0.517. The maximum atomic E-state index is 5.86. The highest BCUT2D eigenvalue weighted by Gasteiger charge is 2.27. The molecule has 21 heavy (non-hydrogen) atoms. The van der Waals surface area contributed by atoms with Gasteiger partial charge in [0.15, 0.2) is 0 Å². The molecule has 0 spiro atoms. The fraction of sp³-hybridized carbons (Fsp3) is 0.368. The van der Waals surface area contributed by atoms with Crippen LogP contribution in [-0.4, -0.2) is 18.0 Å². The molecule has 2 N–H and O–H groups in total. The van der Waals surface area contributed by atoms with Crippen molar-refractivity contribution in [2.45, 2.75) is 32.4 Å². The number of hydrogen-bond acceptors (Lipinski definition) is 2. The number of nitrogens with two attached hydrogens (primary N) is 1. The molecule has 0 amide bonds. The molecule has 1 aliphatic rings. The Balaban J connectivity index is 1.84. The number of rotatable bonds is 5. The first-order valence-corrected chi connectivity index (χ1v) is 7.85. The van der Waals surface area contributed by atoms with Crippen LogP contribution in [0.25, 0.3) is 0 Å². The van der Waals surface area contributed by atoms with Crippen LogP contribution in [0, 0.1) is 6.92 Å². The summed E-state index contributed by atoms with van der Waals surface area (Å²) < 4.78 is 0. The zero-order valence-electron chi connectivity index (χ0n) is 12.8. The highest BCUT2D eigenvalue weighted by molar-refractivity contribution is 5.37. The molecular formula is C19H24N2. The van der Waals surface area contributed by atoms with Gasteiger partial charge in [-0.1, -0.05) is 54.1 Å². The van der Waals surface area contributed by atoms with E-state index in [-0.39, 0.29) is 0 Å². The molecule has 1 aliphatic carbocycles. The van der Waals surface area contributed by atoms with Crippen molar-refractivity contribution in [3.63, 3.8) is 0 Å². The van der Waals surface area contributed by atoms with Gasteiger partial charge in [0.1, 0.15) is 0 Å². The van der Waals surface area contributed by atoms with E-state index in [4.69, 9.17) is 5.73 Å². The summed E-state index contributed by atoms with van der Waals surface area (Å²) in [5, 5.41) is 0. The summed E-state index contributed by atoms with van der Waals surface area (Å²) in [6.07, 6.45) is 2.40. The molecule has 0 saturated heterocycles. The minimum Gasteiger partial charge on any atom is -0.329 e. The SMILES string of the molecule is Cc1ccc2c(c1)C(N(CCN)Cc1ccccc1)CC2. The van der Waals surface area contributed by atoms with Gasteiger partial charge in [-0.15, -0.1) is 0 Å². The number of aryl methyl sites for hydroxylation is 2. The molecule has 0 fully saturated rings. The third-order valence-corrected chi connectivity index (χ3v) is 4.43. The monoisotopic (exact) mass is 280 g/mol. The fourth-order valence-corrected chi connectivity index (χ4v) is 3.41. The second-order valence-corrected chi connectivity index (χ2v) is 6.00. The van der Waals surface area contributed by atoms with Gasteiger partial charge in [-0.3, -0.25) is 4.90 Å². The first-order valence-electron chi connectivity index (χ1n) is 7.85. The number of benzene rings is 2. The van der Waals surface area contributed by atoms with E-state index in [9.17, 15) is 0 Å². The number of nitrogens with zero attached hydrogens (tertiary/aromatic N) is 1. The van der Waals surface area contributed by atoms with Crippen molar-refractivity contribution in [3.05, 3.63) is 70.8 Å². The van der Waals surface area contributed by atoms with Crippen molar-refractivity contribution in [1.82, 2.24) is 4.90 Å². The zero-order chi connectivity index (χ0) is 14.7. The van der Waals surface area contributed by atoms with Crippen LogP contribution in [0.1, 0.15) is 34.7 Å². The lowest BCUT2D eigenvalue weighted by Crippen LogP contribution is -2.32. The van der Waals surface area contributed by atoms with Crippen LogP contribution in [0.15, 0.2) is 48.5 Å². The molecule has 110 valence electrons. The third-order valence-electron chi connectivity index (χ3n) is 4.43. The summed E-state index contributed by atoms with van der Waals surface area (Å²) in [6, 6.07) is 18.1. The predicted octanol–water partition coefficient (Wildman–Crippen LogP) is 3.44. The molecular weight excluding hydrogens is 256 g/mol. The molecule has 0 heterocycles. The highest BCUT2D eigenvalue weighted by atomic mass is 15.2. The average molecular weight is 280 g/mol. The Labute approximate surface area is 127 Å². The maximum Gasteiger partial charge on any atom is 0.0358 e. The van der Waals surface area contributed by atoms with Crippen molar-refractivity contribution in [3.8, 4) is 0 Å². The van der Waals surface area contributed by atoms with Crippen molar-refractivity contribution in [2.24, 2.45) is 5.73 Å². The molecule has 0 aliphatic heterocycles. The van der Waals surface area contributed by atoms with Gasteiger partial charge >= 0.3 is 0 Å². The van der Waals surface area contributed by atoms with Gasteiger partial charge < -0.3 is 5.73 Å². The summed E-state index contributed by atoms with van der Waals surface area (Å²) in [5.74, 6) is 0. The average Bonchev–Trinajstić information content (AvgIpc) is 2.91. The Morgan fingerprint density at radius 2 is 1.95 bits per heavy atom. The van der Waals surface area contributed by atoms with Crippen molar-refractivity contribution < 1.29 is 0 Å². The molecule has 2 heteroatoms. The quantitative estimate of drug-likeness (QED) is 0.909. The van der Waals surface area contributed by atoms with Gasteiger partial charge in [0.05, 0.1) is 0 Å². The Kier molecular flexibility index (Phi) is 4.37. The van der Waals surface area contributed by atoms with E-state index >= 15 is 0 Å². The van der Waals surface area contributed by atoms with Crippen LogP contribution in [-0.2, 0) is 13.0 Å². The Morgan fingerprint density at radius 3 is 2.71 bits per heavy atom. The Bertz CT molecular complexity index is 592. The lowest BCUT2D eigenvalue weighted by atomic mass is 10.0.